The minimum atomic E-state index is 0.317. The van der Waals surface area contributed by atoms with Crippen molar-refractivity contribution in [3.63, 3.8) is 0 Å². The zero-order chi connectivity index (χ0) is 14.1. The fourth-order valence-corrected chi connectivity index (χ4v) is 3.07. The summed E-state index contributed by atoms with van der Waals surface area (Å²) in [7, 11) is 1.78. The van der Waals surface area contributed by atoms with Gasteiger partial charge in [0.25, 0.3) is 0 Å². The Morgan fingerprint density at radius 2 is 1.95 bits per heavy atom. The minimum Gasteiger partial charge on any atom is -0.381 e. The number of rotatable bonds is 3. The first kappa shape index (κ1) is 13.6. The lowest BCUT2D eigenvalue weighted by molar-refractivity contribution is 0.0818. The first-order chi connectivity index (χ1) is 9.65. The molecule has 1 aromatic rings. The predicted molar refractivity (Wildman–Crippen MR) is 78.6 cm³/mol. The van der Waals surface area contributed by atoms with E-state index in [1.54, 1.807) is 7.11 Å². The molecule has 0 amide bonds. The standard InChI is InChI=1S/C14H23N5O/c1-20-11-2-4-19(5-3-11)13-8-12(17-14(16)18-13)9-6-10(15)7-9/h8-11H,2-7,15H2,1H3,(H2,16,17,18). The molecule has 0 aromatic carbocycles. The summed E-state index contributed by atoms with van der Waals surface area (Å²) in [5.74, 6) is 1.76. The van der Waals surface area contributed by atoms with E-state index in [4.69, 9.17) is 16.2 Å². The molecule has 6 heteroatoms. The van der Waals surface area contributed by atoms with E-state index in [9.17, 15) is 0 Å². The monoisotopic (exact) mass is 277 g/mol. The highest BCUT2D eigenvalue weighted by molar-refractivity contribution is 5.45. The molecule has 0 atom stereocenters. The lowest BCUT2D eigenvalue weighted by atomic mass is 9.78. The number of nitrogens with zero attached hydrogens (tertiary/aromatic N) is 3. The van der Waals surface area contributed by atoms with Crippen LogP contribution in [0.5, 0.6) is 0 Å². The van der Waals surface area contributed by atoms with Gasteiger partial charge in [0.1, 0.15) is 5.82 Å². The Hall–Kier alpha value is -1.40. The molecule has 6 nitrogen and oxygen atoms in total. The summed E-state index contributed by atoms with van der Waals surface area (Å²) in [5, 5.41) is 0. The summed E-state index contributed by atoms with van der Waals surface area (Å²) >= 11 is 0. The van der Waals surface area contributed by atoms with Crippen molar-refractivity contribution < 1.29 is 4.74 Å². The van der Waals surface area contributed by atoms with E-state index in [0.29, 0.717) is 24.0 Å². The second-order valence-corrected chi connectivity index (χ2v) is 5.86. The number of nitrogens with two attached hydrogens (primary N) is 2. The molecule has 110 valence electrons. The molecule has 0 bridgehead atoms. The molecule has 1 aromatic heterocycles. The van der Waals surface area contributed by atoms with Crippen molar-refractivity contribution in [2.45, 2.75) is 43.7 Å². The largest absolute Gasteiger partial charge is 0.381 e. The lowest BCUT2D eigenvalue weighted by Gasteiger charge is -2.34. The maximum Gasteiger partial charge on any atom is 0.222 e. The van der Waals surface area contributed by atoms with E-state index in [0.717, 1.165) is 50.3 Å². The molecule has 1 saturated heterocycles. The average Bonchev–Trinajstić information content (AvgIpc) is 2.43. The van der Waals surface area contributed by atoms with E-state index >= 15 is 0 Å². The third-order valence-corrected chi connectivity index (χ3v) is 4.44. The molecular weight excluding hydrogens is 254 g/mol. The molecule has 0 spiro atoms. The third kappa shape index (κ3) is 2.71. The van der Waals surface area contributed by atoms with Gasteiger partial charge in [-0.2, -0.15) is 4.98 Å². The van der Waals surface area contributed by atoms with Crippen molar-refractivity contribution in [2.24, 2.45) is 5.73 Å². The lowest BCUT2D eigenvalue weighted by Crippen LogP contribution is -2.38. The van der Waals surface area contributed by atoms with Gasteiger partial charge in [0.15, 0.2) is 0 Å². The molecule has 4 N–H and O–H groups in total. The Labute approximate surface area is 119 Å². The number of aromatic nitrogens is 2. The fraction of sp³-hybridized carbons (Fsp3) is 0.714. The Balaban J connectivity index is 1.73. The van der Waals surface area contributed by atoms with Crippen molar-refractivity contribution in [2.75, 3.05) is 30.8 Å². The summed E-state index contributed by atoms with van der Waals surface area (Å²) in [6, 6.07) is 2.40. The number of nitrogen functional groups attached to an aromatic ring is 1. The van der Waals surface area contributed by atoms with Crippen LogP contribution in [0.4, 0.5) is 11.8 Å². The third-order valence-electron chi connectivity index (χ3n) is 4.44. The van der Waals surface area contributed by atoms with Crippen LogP contribution in [-0.2, 0) is 4.74 Å². The summed E-state index contributed by atoms with van der Waals surface area (Å²) in [5.41, 5.74) is 12.8. The summed E-state index contributed by atoms with van der Waals surface area (Å²) in [6.45, 7) is 1.91. The van der Waals surface area contributed by atoms with Gasteiger partial charge in [0, 0.05) is 38.2 Å². The first-order valence-electron chi connectivity index (χ1n) is 7.33. The van der Waals surface area contributed by atoms with Crippen molar-refractivity contribution in [3.8, 4) is 0 Å². The van der Waals surface area contributed by atoms with Gasteiger partial charge in [-0.25, -0.2) is 4.98 Å². The van der Waals surface area contributed by atoms with Gasteiger partial charge in [-0.05, 0) is 25.7 Å². The van der Waals surface area contributed by atoms with Crippen LogP contribution >= 0.6 is 0 Å². The van der Waals surface area contributed by atoms with E-state index < -0.39 is 0 Å². The second-order valence-electron chi connectivity index (χ2n) is 5.86. The Kier molecular flexibility index (Phi) is 3.76. The van der Waals surface area contributed by atoms with Gasteiger partial charge in [-0.15, -0.1) is 0 Å². The maximum absolute atomic E-state index is 5.87. The van der Waals surface area contributed by atoms with E-state index in [1.807, 2.05) is 0 Å². The van der Waals surface area contributed by atoms with E-state index in [2.05, 4.69) is 20.9 Å². The summed E-state index contributed by atoms with van der Waals surface area (Å²) < 4.78 is 5.40. The van der Waals surface area contributed by atoms with Gasteiger partial charge < -0.3 is 21.1 Å². The Morgan fingerprint density at radius 3 is 2.55 bits per heavy atom. The van der Waals surface area contributed by atoms with Crippen LogP contribution in [0.15, 0.2) is 6.07 Å². The van der Waals surface area contributed by atoms with Crippen LogP contribution in [0.2, 0.25) is 0 Å². The number of anilines is 2. The maximum atomic E-state index is 5.87. The van der Waals surface area contributed by atoms with E-state index in [1.165, 1.54) is 0 Å². The number of hydrogen-bond acceptors (Lipinski definition) is 6. The smallest absolute Gasteiger partial charge is 0.222 e. The number of piperidine rings is 1. The van der Waals surface area contributed by atoms with Crippen molar-refractivity contribution in [1.29, 1.82) is 0 Å². The molecule has 2 heterocycles. The van der Waals surface area contributed by atoms with Crippen molar-refractivity contribution in [3.05, 3.63) is 11.8 Å². The van der Waals surface area contributed by atoms with Crippen LogP contribution in [0.3, 0.4) is 0 Å². The predicted octanol–water partition coefficient (Wildman–Crippen LogP) is 0.879. The molecule has 1 aliphatic carbocycles. The minimum absolute atomic E-state index is 0.317. The van der Waals surface area contributed by atoms with Gasteiger partial charge in [-0.1, -0.05) is 0 Å². The van der Waals surface area contributed by atoms with Gasteiger partial charge in [0.05, 0.1) is 11.8 Å². The van der Waals surface area contributed by atoms with Crippen LogP contribution < -0.4 is 16.4 Å². The number of methoxy groups -OCH3 is 1. The van der Waals surface area contributed by atoms with Gasteiger partial charge >= 0.3 is 0 Å². The molecule has 1 saturated carbocycles. The van der Waals surface area contributed by atoms with Crippen LogP contribution in [0.25, 0.3) is 0 Å². The number of ether oxygens (including phenoxy) is 1. The second kappa shape index (κ2) is 5.54. The zero-order valence-corrected chi connectivity index (χ0v) is 12.0. The first-order valence-corrected chi connectivity index (χ1v) is 7.33. The van der Waals surface area contributed by atoms with Crippen LogP contribution in [0, 0.1) is 0 Å². The normalized spacial score (nSPS) is 27.4. The SMILES string of the molecule is COC1CCN(c2cc(C3CC(N)C3)nc(N)n2)CC1. The highest BCUT2D eigenvalue weighted by atomic mass is 16.5. The Morgan fingerprint density at radius 1 is 1.25 bits per heavy atom. The van der Waals surface area contributed by atoms with Crippen molar-refractivity contribution >= 4 is 11.8 Å². The highest BCUT2D eigenvalue weighted by Crippen LogP contribution is 2.36. The van der Waals surface area contributed by atoms with Gasteiger partial charge in [-0.3, -0.25) is 0 Å². The van der Waals surface area contributed by atoms with E-state index in [-0.39, 0.29) is 0 Å². The molecule has 1 aliphatic heterocycles. The molecular formula is C14H23N5O. The quantitative estimate of drug-likeness (QED) is 0.852. The molecule has 3 rings (SSSR count). The number of hydrogen-bond donors (Lipinski definition) is 2. The fourth-order valence-electron chi connectivity index (χ4n) is 3.07. The van der Waals surface area contributed by atoms with Crippen LogP contribution in [-0.4, -0.2) is 42.3 Å². The molecule has 2 aliphatic rings. The average molecular weight is 277 g/mol. The van der Waals surface area contributed by atoms with Crippen molar-refractivity contribution in [1.82, 2.24) is 9.97 Å². The molecule has 0 unspecified atom stereocenters. The van der Waals surface area contributed by atoms with Gasteiger partial charge in [0.2, 0.25) is 5.95 Å². The summed E-state index contributed by atoms with van der Waals surface area (Å²) in [4.78, 5) is 11.0. The Bertz CT molecular complexity index is 467. The summed E-state index contributed by atoms with van der Waals surface area (Å²) in [6.07, 6.45) is 4.44. The molecule has 0 radical (unpaired) electrons. The molecule has 2 fully saturated rings. The zero-order valence-electron chi connectivity index (χ0n) is 12.0. The highest BCUT2D eigenvalue weighted by Gasteiger charge is 2.30. The molecule has 20 heavy (non-hydrogen) atoms. The topological polar surface area (TPSA) is 90.3 Å². The van der Waals surface area contributed by atoms with Crippen LogP contribution in [0.1, 0.15) is 37.3 Å².